The summed E-state index contributed by atoms with van der Waals surface area (Å²) < 4.78 is 50.9. The van der Waals surface area contributed by atoms with E-state index < -0.39 is 29.0 Å². The van der Waals surface area contributed by atoms with E-state index in [4.69, 9.17) is 0 Å². The Bertz CT molecular complexity index is 487. The highest BCUT2D eigenvalue weighted by atomic mass is 35.5. The van der Waals surface area contributed by atoms with Gasteiger partial charge in [-0.3, -0.25) is 4.79 Å². The molecular formula is C12H13ClF4N2O. The van der Waals surface area contributed by atoms with Crippen LogP contribution in [0.15, 0.2) is 18.2 Å². The average Bonchev–Trinajstić information content (AvgIpc) is 2.80. The van der Waals surface area contributed by atoms with E-state index in [1.807, 2.05) is 0 Å². The van der Waals surface area contributed by atoms with E-state index in [-0.39, 0.29) is 18.4 Å². The third-order valence-electron chi connectivity index (χ3n) is 2.93. The molecule has 8 heteroatoms. The highest BCUT2D eigenvalue weighted by molar-refractivity contribution is 5.94. The van der Waals surface area contributed by atoms with Crippen LogP contribution in [0.1, 0.15) is 22.3 Å². The third kappa shape index (κ3) is 3.83. The van der Waals surface area contributed by atoms with Gasteiger partial charge < -0.3 is 10.6 Å². The third-order valence-corrected chi connectivity index (χ3v) is 2.93. The molecule has 0 radical (unpaired) electrons. The van der Waals surface area contributed by atoms with Crippen LogP contribution in [0, 0.1) is 5.82 Å². The number of halogens is 5. The Hall–Kier alpha value is -1.34. The van der Waals surface area contributed by atoms with Crippen molar-refractivity contribution in [3.05, 3.63) is 35.1 Å². The van der Waals surface area contributed by atoms with Crippen LogP contribution in [0.2, 0.25) is 0 Å². The summed E-state index contributed by atoms with van der Waals surface area (Å²) in [6.45, 7) is 1.25. The van der Waals surface area contributed by atoms with E-state index in [1.54, 1.807) is 0 Å². The summed E-state index contributed by atoms with van der Waals surface area (Å²) in [4.78, 5) is 11.8. The number of carbonyl (C=O) groups is 1. The maximum atomic E-state index is 13.4. The number of amides is 1. The summed E-state index contributed by atoms with van der Waals surface area (Å²) in [7, 11) is 0. The first-order valence-corrected chi connectivity index (χ1v) is 5.76. The van der Waals surface area contributed by atoms with Gasteiger partial charge in [-0.2, -0.15) is 13.2 Å². The Morgan fingerprint density at radius 3 is 2.60 bits per heavy atom. The highest BCUT2D eigenvalue weighted by Gasteiger charge is 2.32. The molecule has 1 aliphatic rings. The van der Waals surface area contributed by atoms with Crippen LogP contribution in [0.3, 0.4) is 0 Å². The molecule has 1 unspecified atom stereocenters. The van der Waals surface area contributed by atoms with Crippen LogP contribution in [-0.2, 0) is 6.18 Å². The lowest BCUT2D eigenvalue weighted by Gasteiger charge is -2.13. The molecule has 1 aromatic carbocycles. The van der Waals surface area contributed by atoms with Gasteiger partial charge in [-0.05, 0) is 31.2 Å². The lowest BCUT2D eigenvalue weighted by atomic mass is 10.1. The highest BCUT2D eigenvalue weighted by Crippen LogP contribution is 2.30. The molecule has 0 aromatic heterocycles. The van der Waals surface area contributed by atoms with Crippen LogP contribution in [-0.4, -0.2) is 25.0 Å². The van der Waals surface area contributed by atoms with Crippen LogP contribution in [0.4, 0.5) is 17.6 Å². The van der Waals surface area contributed by atoms with Gasteiger partial charge in [0.1, 0.15) is 5.82 Å². The first-order valence-electron chi connectivity index (χ1n) is 5.76. The predicted molar refractivity (Wildman–Crippen MR) is 67.4 cm³/mol. The zero-order valence-corrected chi connectivity index (χ0v) is 11.1. The topological polar surface area (TPSA) is 41.1 Å². The molecule has 3 nitrogen and oxygen atoms in total. The van der Waals surface area contributed by atoms with Gasteiger partial charge in [-0.1, -0.05) is 0 Å². The molecular weight excluding hydrogens is 300 g/mol. The zero-order chi connectivity index (χ0) is 14.0. The Balaban J connectivity index is 0.00000200. The Morgan fingerprint density at radius 1 is 1.35 bits per heavy atom. The van der Waals surface area contributed by atoms with Crippen molar-refractivity contribution in [2.24, 2.45) is 0 Å². The molecule has 1 atom stereocenters. The van der Waals surface area contributed by atoms with Gasteiger partial charge in [-0.15, -0.1) is 12.4 Å². The first kappa shape index (κ1) is 16.7. The van der Waals surface area contributed by atoms with E-state index >= 15 is 0 Å². The van der Waals surface area contributed by atoms with Gasteiger partial charge in [0, 0.05) is 12.6 Å². The molecule has 112 valence electrons. The summed E-state index contributed by atoms with van der Waals surface area (Å²) >= 11 is 0. The molecule has 0 aliphatic carbocycles. The predicted octanol–water partition coefficient (Wildman–Crippen LogP) is 2.36. The van der Waals surface area contributed by atoms with Crippen LogP contribution in [0.5, 0.6) is 0 Å². The van der Waals surface area contributed by atoms with Crippen molar-refractivity contribution in [2.75, 3.05) is 13.1 Å². The van der Waals surface area contributed by atoms with Crippen molar-refractivity contribution in [3.63, 3.8) is 0 Å². The van der Waals surface area contributed by atoms with Gasteiger partial charge in [-0.25, -0.2) is 4.39 Å². The number of benzene rings is 1. The van der Waals surface area contributed by atoms with E-state index in [0.29, 0.717) is 31.2 Å². The molecule has 1 amide bonds. The Morgan fingerprint density at radius 2 is 2.05 bits per heavy atom. The standard InChI is InChI=1S/C12H12F4N2O.ClH/c13-10-2-1-7(12(14,15)16)5-9(10)11(19)18-8-3-4-17-6-8;/h1-2,5,8,17H,3-4,6H2,(H,18,19);1H. The molecule has 1 aliphatic heterocycles. The maximum absolute atomic E-state index is 13.4. The van der Waals surface area contributed by atoms with Crippen molar-refractivity contribution in [3.8, 4) is 0 Å². The zero-order valence-electron chi connectivity index (χ0n) is 10.3. The molecule has 2 rings (SSSR count). The van der Waals surface area contributed by atoms with Gasteiger partial charge in [0.05, 0.1) is 11.1 Å². The SMILES string of the molecule is Cl.O=C(NC1CCNC1)c1cc(C(F)(F)F)ccc1F. The van der Waals surface area contributed by atoms with Crippen molar-refractivity contribution < 1.29 is 22.4 Å². The van der Waals surface area contributed by atoms with E-state index in [2.05, 4.69) is 10.6 Å². The number of carbonyl (C=O) groups excluding carboxylic acids is 1. The fourth-order valence-electron chi connectivity index (χ4n) is 1.92. The summed E-state index contributed by atoms with van der Waals surface area (Å²) in [6, 6.07) is 1.63. The molecule has 0 spiro atoms. The average molecular weight is 313 g/mol. The minimum atomic E-state index is -4.60. The smallest absolute Gasteiger partial charge is 0.348 e. The maximum Gasteiger partial charge on any atom is 0.416 e. The fourth-order valence-corrected chi connectivity index (χ4v) is 1.92. The lowest BCUT2D eigenvalue weighted by Crippen LogP contribution is -2.36. The van der Waals surface area contributed by atoms with Gasteiger partial charge >= 0.3 is 6.18 Å². The summed E-state index contributed by atoms with van der Waals surface area (Å²) in [5.41, 5.74) is -1.62. The molecule has 1 fully saturated rings. The van der Waals surface area contributed by atoms with Gasteiger partial charge in [0.25, 0.3) is 5.91 Å². The number of hydrogen-bond donors (Lipinski definition) is 2. The molecule has 1 aromatic rings. The number of nitrogens with one attached hydrogen (secondary N) is 2. The molecule has 0 bridgehead atoms. The Labute approximate surface area is 119 Å². The second-order valence-corrected chi connectivity index (χ2v) is 4.36. The van der Waals surface area contributed by atoms with Crippen molar-refractivity contribution in [2.45, 2.75) is 18.6 Å². The lowest BCUT2D eigenvalue weighted by molar-refractivity contribution is -0.137. The quantitative estimate of drug-likeness (QED) is 0.823. The van der Waals surface area contributed by atoms with Gasteiger partial charge in [0.2, 0.25) is 0 Å². The number of rotatable bonds is 2. The van der Waals surface area contributed by atoms with Gasteiger partial charge in [0.15, 0.2) is 0 Å². The van der Waals surface area contributed by atoms with Crippen LogP contribution >= 0.6 is 12.4 Å². The molecule has 20 heavy (non-hydrogen) atoms. The van der Waals surface area contributed by atoms with E-state index in [0.717, 1.165) is 6.54 Å². The number of alkyl halides is 3. The Kier molecular flexibility index (Phi) is 5.35. The van der Waals surface area contributed by atoms with Crippen molar-refractivity contribution in [1.29, 1.82) is 0 Å². The monoisotopic (exact) mass is 312 g/mol. The minimum absolute atomic E-state index is 0. The molecule has 1 heterocycles. The van der Waals surface area contributed by atoms with Crippen molar-refractivity contribution >= 4 is 18.3 Å². The van der Waals surface area contributed by atoms with E-state index in [1.165, 1.54) is 0 Å². The van der Waals surface area contributed by atoms with Crippen LogP contribution in [0.25, 0.3) is 0 Å². The largest absolute Gasteiger partial charge is 0.416 e. The molecule has 0 saturated carbocycles. The molecule has 1 saturated heterocycles. The van der Waals surface area contributed by atoms with E-state index in [9.17, 15) is 22.4 Å². The fraction of sp³-hybridized carbons (Fsp3) is 0.417. The normalized spacial score (nSPS) is 18.5. The second kappa shape index (κ2) is 6.41. The number of hydrogen-bond acceptors (Lipinski definition) is 2. The minimum Gasteiger partial charge on any atom is -0.348 e. The summed E-state index contributed by atoms with van der Waals surface area (Å²) in [6.07, 6.45) is -3.93. The van der Waals surface area contributed by atoms with Crippen LogP contribution < -0.4 is 10.6 Å². The van der Waals surface area contributed by atoms with Crippen molar-refractivity contribution in [1.82, 2.24) is 10.6 Å². The second-order valence-electron chi connectivity index (χ2n) is 4.36. The summed E-state index contributed by atoms with van der Waals surface area (Å²) in [5, 5.41) is 5.50. The summed E-state index contributed by atoms with van der Waals surface area (Å²) in [5.74, 6) is -1.78. The first-order chi connectivity index (χ1) is 8.88. The molecule has 2 N–H and O–H groups in total.